The van der Waals surface area contributed by atoms with E-state index in [1.807, 2.05) is 13.7 Å². The summed E-state index contributed by atoms with van der Waals surface area (Å²) < 4.78 is 14.9. The van der Waals surface area contributed by atoms with Gasteiger partial charge in [-0.1, -0.05) is 63.1 Å². The molecule has 0 radical (unpaired) electrons. The molecule has 0 saturated carbocycles. The number of hydrogen-bond donors (Lipinski definition) is 3. The van der Waals surface area contributed by atoms with Crippen LogP contribution in [0.15, 0.2) is 74.3 Å². The average molecular weight is 593 g/mol. The zero-order chi connectivity index (χ0) is 33.0. The lowest BCUT2D eigenvalue weighted by Crippen LogP contribution is -2.24. The minimum atomic E-state index is -0.341. The number of carbonyl (C=O) groups is 4. The van der Waals surface area contributed by atoms with Gasteiger partial charge in [0.05, 0.1) is 25.5 Å². The fourth-order valence-electron chi connectivity index (χ4n) is 2.39. The van der Waals surface area contributed by atoms with Gasteiger partial charge in [0.1, 0.15) is 25.4 Å². The van der Waals surface area contributed by atoms with Crippen LogP contribution in [0.3, 0.4) is 0 Å². The van der Waals surface area contributed by atoms with Gasteiger partial charge in [-0.2, -0.15) is 0 Å². The lowest BCUT2D eigenvalue weighted by Gasteiger charge is -2.10. The summed E-state index contributed by atoms with van der Waals surface area (Å²) in [6, 6.07) is 8.61. The molecule has 0 fully saturated rings. The van der Waals surface area contributed by atoms with Crippen LogP contribution in [0.1, 0.15) is 44.2 Å². The lowest BCUT2D eigenvalue weighted by molar-refractivity contribution is -0.137. The Morgan fingerprint density at radius 3 is 2.02 bits per heavy atom. The van der Waals surface area contributed by atoms with Crippen LogP contribution in [-0.4, -0.2) is 76.6 Å². The number of aliphatic hydroxyl groups is 1. The molecule has 0 aliphatic carbocycles. The summed E-state index contributed by atoms with van der Waals surface area (Å²) in [5.74, 6) is 0.883. The van der Waals surface area contributed by atoms with E-state index < -0.39 is 0 Å². The summed E-state index contributed by atoms with van der Waals surface area (Å²) in [5.41, 5.74) is 2.64. The second-order valence-electron chi connectivity index (χ2n) is 7.95. The van der Waals surface area contributed by atoms with E-state index in [2.05, 4.69) is 72.9 Å². The number of carbonyl (C=O) groups excluding carboxylic acids is 4. The number of allylic oxidation sites excluding steroid dienone is 1. The second-order valence-corrected chi connectivity index (χ2v) is 7.95. The molecule has 1 amide bonds. The topological polar surface area (TPSA) is 140 Å². The van der Waals surface area contributed by atoms with Crippen LogP contribution in [0.2, 0.25) is 0 Å². The van der Waals surface area contributed by atoms with E-state index >= 15 is 0 Å². The van der Waals surface area contributed by atoms with Gasteiger partial charge >= 0.3 is 5.97 Å². The molecule has 1 aromatic carbocycles. The molecule has 1 rings (SSSR count). The molecule has 0 unspecified atom stereocenters. The molecule has 0 aliphatic rings. The van der Waals surface area contributed by atoms with E-state index in [9.17, 15) is 14.4 Å². The van der Waals surface area contributed by atoms with Gasteiger partial charge in [0.25, 0.3) is 0 Å². The maximum atomic E-state index is 10.7. The van der Waals surface area contributed by atoms with E-state index in [1.54, 1.807) is 0 Å². The number of rotatable bonds is 18. The van der Waals surface area contributed by atoms with Crippen molar-refractivity contribution < 1.29 is 38.5 Å². The number of aldehydes is 1. The number of hydrogen-bond acceptors (Lipinski definition) is 9. The molecule has 10 heteroatoms. The molecule has 0 aromatic heterocycles. The Bertz CT molecular complexity index is 855. The van der Waals surface area contributed by atoms with Crippen molar-refractivity contribution in [2.24, 2.45) is 0 Å². The Morgan fingerprint density at radius 1 is 0.905 bits per heavy atom. The van der Waals surface area contributed by atoms with Crippen LogP contribution in [0, 0.1) is 6.92 Å². The highest BCUT2D eigenvalue weighted by atomic mass is 16.5. The number of ether oxygens (including phenoxy) is 3. The molecular formula is C32H52N2O8. The first-order chi connectivity index (χ1) is 20.2. The van der Waals surface area contributed by atoms with Crippen molar-refractivity contribution in [2.45, 2.75) is 46.5 Å². The standard InChI is InChI=1S/C17H26N2O2.C7H10O2.C6H10O2.CH4O.CH2O/c1-14-4-6-17(7-5-14)9-11-18-10-8-15(2)21-13-12-19-16(3)20;1-3-7(2)9-6-4-5-8;1-3-5-8-6(7)4-2;2*1-2/h4-7,18H,2,8-13H2,1,3H3,(H,19,20);3,5H,1-2,4,6H2;4H,2-3,5H2,1H3;2H,1H3;1H2. The zero-order valence-corrected chi connectivity index (χ0v) is 26.0. The SMILES string of the molecule is C=C(CCNCCc1ccc(C)cc1)OCCNC(C)=O.C=CC(=C)OCCC=O.C=CC(=O)OCCC.C=O.CO. The van der Waals surface area contributed by atoms with Crippen molar-refractivity contribution in [3.8, 4) is 0 Å². The summed E-state index contributed by atoms with van der Waals surface area (Å²) in [6.45, 7) is 25.2. The van der Waals surface area contributed by atoms with Crippen LogP contribution >= 0.6 is 0 Å². The molecular weight excluding hydrogens is 540 g/mol. The number of aliphatic hydroxyl groups excluding tert-OH is 1. The predicted octanol–water partition coefficient (Wildman–Crippen LogP) is 4.02. The third-order valence-electron chi connectivity index (χ3n) is 4.44. The summed E-state index contributed by atoms with van der Waals surface area (Å²) >= 11 is 0. The van der Waals surface area contributed by atoms with Crippen molar-refractivity contribution in [1.29, 1.82) is 0 Å². The fraction of sp³-hybridized carbons (Fsp3) is 0.438. The molecule has 0 saturated heterocycles. The van der Waals surface area contributed by atoms with Crippen LogP contribution in [0.25, 0.3) is 0 Å². The summed E-state index contributed by atoms with van der Waals surface area (Å²) in [5, 5.41) is 13.1. The van der Waals surface area contributed by atoms with Gasteiger partial charge < -0.3 is 39.5 Å². The molecule has 0 bridgehead atoms. The molecule has 238 valence electrons. The van der Waals surface area contributed by atoms with Crippen molar-refractivity contribution in [2.75, 3.05) is 46.6 Å². The summed E-state index contributed by atoms with van der Waals surface area (Å²) in [6.07, 6.45) is 6.55. The third kappa shape index (κ3) is 38.1. The normalized spacial score (nSPS) is 8.60. The van der Waals surface area contributed by atoms with Crippen LogP contribution in [0.4, 0.5) is 0 Å². The van der Waals surface area contributed by atoms with Gasteiger partial charge in [-0.05, 0) is 37.9 Å². The molecule has 0 aliphatic heterocycles. The minimum Gasteiger partial charge on any atom is -0.497 e. The molecule has 0 atom stereocenters. The van der Waals surface area contributed by atoms with Gasteiger partial charge in [-0.15, -0.1) is 0 Å². The average Bonchev–Trinajstić information content (AvgIpc) is 3.01. The second kappa shape index (κ2) is 37.0. The lowest BCUT2D eigenvalue weighted by atomic mass is 10.1. The third-order valence-corrected chi connectivity index (χ3v) is 4.44. The predicted molar refractivity (Wildman–Crippen MR) is 169 cm³/mol. The Balaban J connectivity index is -0.000000285. The fourth-order valence-corrected chi connectivity index (χ4v) is 2.39. The highest BCUT2D eigenvalue weighted by molar-refractivity contribution is 5.81. The molecule has 1 aromatic rings. The smallest absolute Gasteiger partial charge is 0.330 e. The van der Waals surface area contributed by atoms with E-state index in [1.165, 1.54) is 24.1 Å². The molecule has 0 spiro atoms. The van der Waals surface area contributed by atoms with E-state index in [0.717, 1.165) is 57.6 Å². The van der Waals surface area contributed by atoms with Gasteiger partial charge in [-0.25, -0.2) is 4.79 Å². The number of amides is 1. The molecule has 10 nitrogen and oxygen atoms in total. The van der Waals surface area contributed by atoms with Crippen LogP contribution in [0.5, 0.6) is 0 Å². The number of aryl methyl sites for hydroxylation is 1. The van der Waals surface area contributed by atoms with E-state index in [-0.39, 0.29) is 11.9 Å². The quantitative estimate of drug-likeness (QED) is 0.0576. The van der Waals surface area contributed by atoms with Gasteiger partial charge in [0.15, 0.2) is 0 Å². The van der Waals surface area contributed by atoms with Crippen molar-refractivity contribution in [1.82, 2.24) is 10.6 Å². The highest BCUT2D eigenvalue weighted by Crippen LogP contribution is 2.03. The first-order valence-electron chi connectivity index (χ1n) is 13.4. The van der Waals surface area contributed by atoms with Crippen molar-refractivity contribution in [3.05, 3.63) is 85.4 Å². The maximum absolute atomic E-state index is 10.7. The number of esters is 1. The van der Waals surface area contributed by atoms with Crippen LogP contribution in [-0.2, 0) is 39.8 Å². The number of benzene rings is 1. The largest absolute Gasteiger partial charge is 0.497 e. The highest BCUT2D eigenvalue weighted by Gasteiger charge is 1.97. The molecule has 42 heavy (non-hydrogen) atoms. The number of nitrogens with one attached hydrogen (secondary N) is 2. The zero-order valence-electron chi connectivity index (χ0n) is 26.0. The first kappa shape index (κ1) is 45.0. The van der Waals surface area contributed by atoms with Crippen molar-refractivity contribution >= 4 is 25.0 Å². The van der Waals surface area contributed by atoms with Gasteiger partial charge in [0, 0.05) is 39.5 Å². The summed E-state index contributed by atoms with van der Waals surface area (Å²) in [4.78, 5) is 38.6. The molecule has 0 heterocycles. The molecule has 3 N–H and O–H groups in total. The Kier molecular flexibility index (Phi) is 39.6. The van der Waals surface area contributed by atoms with Gasteiger partial charge in [-0.3, -0.25) is 4.79 Å². The Morgan fingerprint density at radius 2 is 1.52 bits per heavy atom. The van der Waals surface area contributed by atoms with E-state index in [0.29, 0.717) is 38.5 Å². The first-order valence-corrected chi connectivity index (χ1v) is 13.4. The van der Waals surface area contributed by atoms with Gasteiger partial charge in [0.2, 0.25) is 5.91 Å². The van der Waals surface area contributed by atoms with Crippen molar-refractivity contribution in [3.63, 3.8) is 0 Å². The maximum Gasteiger partial charge on any atom is 0.330 e. The van der Waals surface area contributed by atoms with E-state index in [4.69, 9.17) is 19.4 Å². The monoisotopic (exact) mass is 592 g/mol. The Labute approximate surface area is 252 Å². The minimum absolute atomic E-state index is 0.0398. The summed E-state index contributed by atoms with van der Waals surface area (Å²) in [7, 11) is 1.00. The Hall–Kier alpha value is -4.02. The van der Waals surface area contributed by atoms with Crippen LogP contribution < -0.4 is 10.6 Å².